The molecule has 2 aromatic carbocycles. The Morgan fingerprint density at radius 3 is 2.55 bits per heavy atom. The fourth-order valence-electron chi connectivity index (χ4n) is 1.71. The molecule has 0 saturated heterocycles. The molecule has 106 valence electrons. The van der Waals surface area contributed by atoms with Crippen molar-refractivity contribution in [1.82, 2.24) is 0 Å². The summed E-state index contributed by atoms with van der Waals surface area (Å²) in [6.45, 7) is 0.357. The predicted octanol–water partition coefficient (Wildman–Crippen LogP) is 4.66. The van der Waals surface area contributed by atoms with Crippen molar-refractivity contribution >= 4 is 35.0 Å². The van der Waals surface area contributed by atoms with Gasteiger partial charge in [0, 0.05) is 21.2 Å². The lowest BCUT2D eigenvalue weighted by molar-refractivity contribution is 0.267. The lowest BCUT2D eigenvalue weighted by Gasteiger charge is -2.12. The zero-order valence-corrected chi connectivity index (χ0v) is 13.0. The second-order valence-electron chi connectivity index (χ2n) is 4.04. The topological polar surface area (TPSA) is 29.5 Å². The molecule has 0 aromatic heterocycles. The third kappa shape index (κ3) is 4.32. The number of hydrogen-bond donors (Lipinski definition) is 1. The summed E-state index contributed by atoms with van der Waals surface area (Å²) in [6, 6.07) is 13.4. The first-order valence-electron chi connectivity index (χ1n) is 6.10. The van der Waals surface area contributed by atoms with Gasteiger partial charge < -0.3 is 9.84 Å². The van der Waals surface area contributed by atoms with E-state index in [1.807, 2.05) is 18.2 Å². The van der Waals surface area contributed by atoms with Gasteiger partial charge in [-0.15, -0.1) is 11.8 Å². The normalized spacial score (nSPS) is 10.6. The average molecular weight is 329 g/mol. The lowest BCUT2D eigenvalue weighted by atomic mass is 10.2. The van der Waals surface area contributed by atoms with E-state index >= 15 is 0 Å². The summed E-state index contributed by atoms with van der Waals surface area (Å²) in [5.74, 6) is 1.31. The van der Waals surface area contributed by atoms with Gasteiger partial charge in [0.25, 0.3) is 0 Å². The maximum atomic E-state index is 9.30. The molecule has 0 fully saturated rings. The quantitative estimate of drug-likeness (QED) is 0.617. The van der Waals surface area contributed by atoms with Gasteiger partial charge in [0.15, 0.2) is 0 Å². The van der Waals surface area contributed by atoms with Crippen LogP contribution in [0.1, 0.15) is 5.56 Å². The van der Waals surface area contributed by atoms with Crippen LogP contribution < -0.4 is 4.74 Å². The summed E-state index contributed by atoms with van der Waals surface area (Å²) in [6.07, 6.45) is 0. The van der Waals surface area contributed by atoms with Crippen molar-refractivity contribution in [2.75, 3.05) is 12.4 Å². The van der Waals surface area contributed by atoms with Crippen molar-refractivity contribution in [3.05, 3.63) is 58.1 Å². The molecular weight excluding hydrogens is 315 g/mol. The molecule has 20 heavy (non-hydrogen) atoms. The molecule has 0 aliphatic carbocycles. The molecule has 0 aliphatic heterocycles. The zero-order chi connectivity index (χ0) is 14.4. The number of rotatable bonds is 6. The molecule has 0 radical (unpaired) electrons. The molecule has 2 aromatic rings. The van der Waals surface area contributed by atoms with E-state index in [9.17, 15) is 5.11 Å². The first kappa shape index (κ1) is 15.5. The van der Waals surface area contributed by atoms with Crippen LogP contribution in [0.2, 0.25) is 10.0 Å². The zero-order valence-electron chi connectivity index (χ0n) is 10.7. The molecule has 2 rings (SSSR count). The van der Waals surface area contributed by atoms with Gasteiger partial charge in [-0.3, -0.25) is 0 Å². The van der Waals surface area contributed by atoms with Gasteiger partial charge in [-0.2, -0.15) is 0 Å². The number of aliphatic hydroxyl groups is 1. The number of hydrogen-bond acceptors (Lipinski definition) is 3. The Morgan fingerprint density at radius 2 is 1.85 bits per heavy atom. The van der Waals surface area contributed by atoms with Gasteiger partial charge in [0.1, 0.15) is 5.75 Å². The molecule has 1 N–H and O–H groups in total. The van der Waals surface area contributed by atoms with Gasteiger partial charge in [-0.1, -0.05) is 41.4 Å². The maximum Gasteiger partial charge on any atom is 0.143 e. The van der Waals surface area contributed by atoms with Crippen LogP contribution in [0.4, 0.5) is 0 Å². The Hall–Kier alpha value is -0.870. The van der Waals surface area contributed by atoms with E-state index in [-0.39, 0.29) is 6.61 Å². The van der Waals surface area contributed by atoms with Gasteiger partial charge in [-0.05, 0) is 24.3 Å². The standard InChI is InChI=1S/C15H14Cl2O2S/c16-12-8-11(10-18)15(14(17)9-12)19-6-7-20-13-4-2-1-3-5-13/h1-5,8-9,18H,6-7,10H2. The van der Waals surface area contributed by atoms with Crippen molar-refractivity contribution in [2.24, 2.45) is 0 Å². The first-order chi connectivity index (χ1) is 9.70. The van der Waals surface area contributed by atoms with Gasteiger partial charge in [0.2, 0.25) is 0 Å². The van der Waals surface area contributed by atoms with E-state index < -0.39 is 0 Å². The molecule has 0 heterocycles. The predicted molar refractivity (Wildman–Crippen MR) is 85.0 cm³/mol. The second kappa shape index (κ2) is 7.79. The molecule has 5 heteroatoms. The van der Waals surface area contributed by atoms with Crippen molar-refractivity contribution < 1.29 is 9.84 Å². The number of thioether (sulfide) groups is 1. The van der Waals surface area contributed by atoms with Crippen molar-refractivity contribution in [1.29, 1.82) is 0 Å². The molecule has 0 atom stereocenters. The van der Waals surface area contributed by atoms with Gasteiger partial charge in [0.05, 0.1) is 18.2 Å². The van der Waals surface area contributed by atoms with Crippen LogP contribution in [0.3, 0.4) is 0 Å². The van der Waals surface area contributed by atoms with Crippen molar-refractivity contribution in [2.45, 2.75) is 11.5 Å². The van der Waals surface area contributed by atoms with Gasteiger partial charge in [-0.25, -0.2) is 0 Å². The Labute approximate surface area is 132 Å². The summed E-state index contributed by atoms with van der Waals surface area (Å²) in [5.41, 5.74) is 0.604. The Morgan fingerprint density at radius 1 is 1.10 bits per heavy atom. The van der Waals surface area contributed by atoms with E-state index in [0.717, 1.165) is 5.75 Å². The minimum atomic E-state index is -0.151. The highest BCUT2D eigenvalue weighted by Crippen LogP contribution is 2.32. The molecule has 0 amide bonds. The number of aliphatic hydroxyl groups excluding tert-OH is 1. The number of benzene rings is 2. The minimum absolute atomic E-state index is 0.151. The van der Waals surface area contributed by atoms with Crippen LogP contribution >= 0.6 is 35.0 Å². The largest absolute Gasteiger partial charge is 0.491 e. The van der Waals surface area contributed by atoms with Crippen LogP contribution in [0.5, 0.6) is 5.75 Å². The molecule has 0 aliphatic rings. The number of ether oxygens (including phenoxy) is 1. The van der Waals surface area contributed by atoms with Crippen LogP contribution in [0.25, 0.3) is 0 Å². The van der Waals surface area contributed by atoms with E-state index in [4.69, 9.17) is 27.9 Å². The minimum Gasteiger partial charge on any atom is -0.491 e. The second-order valence-corrected chi connectivity index (χ2v) is 6.06. The summed E-state index contributed by atoms with van der Waals surface area (Å²) in [5, 5.41) is 10.2. The van der Waals surface area contributed by atoms with E-state index in [2.05, 4.69) is 12.1 Å². The molecule has 0 saturated carbocycles. The smallest absolute Gasteiger partial charge is 0.143 e. The fraction of sp³-hybridized carbons (Fsp3) is 0.200. The molecular formula is C15H14Cl2O2S. The summed E-state index contributed by atoms with van der Waals surface area (Å²) in [7, 11) is 0. The molecule has 0 unspecified atom stereocenters. The van der Waals surface area contributed by atoms with Crippen LogP contribution in [0.15, 0.2) is 47.4 Å². The summed E-state index contributed by atoms with van der Waals surface area (Å²) in [4.78, 5) is 1.20. The van der Waals surface area contributed by atoms with Gasteiger partial charge >= 0.3 is 0 Å². The highest BCUT2D eigenvalue weighted by atomic mass is 35.5. The van der Waals surface area contributed by atoms with E-state index in [1.165, 1.54) is 4.90 Å². The third-order valence-corrected chi connectivity index (χ3v) is 4.07. The van der Waals surface area contributed by atoms with Crippen molar-refractivity contribution in [3.63, 3.8) is 0 Å². The van der Waals surface area contributed by atoms with Crippen LogP contribution in [-0.4, -0.2) is 17.5 Å². The molecule has 0 spiro atoms. The van der Waals surface area contributed by atoms with Crippen molar-refractivity contribution in [3.8, 4) is 5.75 Å². The third-order valence-electron chi connectivity index (χ3n) is 2.60. The average Bonchev–Trinajstić information content (AvgIpc) is 2.45. The summed E-state index contributed by atoms with van der Waals surface area (Å²) >= 11 is 13.7. The van der Waals surface area contributed by atoms with Crippen LogP contribution in [0, 0.1) is 0 Å². The monoisotopic (exact) mass is 328 g/mol. The fourth-order valence-corrected chi connectivity index (χ4v) is 3.05. The van der Waals surface area contributed by atoms with Crippen LogP contribution in [-0.2, 0) is 6.61 Å². The highest BCUT2D eigenvalue weighted by Gasteiger charge is 2.10. The summed E-state index contributed by atoms with van der Waals surface area (Å²) < 4.78 is 5.66. The Bertz CT molecular complexity index is 561. The highest BCUT2D eigenvalue weighted by molar-refractivity contribution is 7.99. The molecule has 2 nitrogen and oxygen atoms in total. The van der Waals surface area contributed by atoms with E-state index in [0.29, 0.717) is 28.0 Å². The lowest BCUT2D eigenvalue weighted by Crippen LogP contribution is -2.03. The Balaban J connectivity index is 1.91. The number of halogens is 2. The first-order valence-corrected chi connectivity index (χ1v) is 7.84. The molecule has 0 bridgehead atoms. The SMILES string of the molecule is OCc1cc(Cl)cc(Cl)c1OCCSc1ccccc1. The van der Waals surface area contributed by atoms with E-state index in [1.54, 1.807) is 23.9 Å². The Kier molecular flexibility index (Phi) is 6.05. The maximum absolute atomic E-state index is 9.30.